The molecule has 1 aliphatic heterocycles. The molecular formula is C22H33FN4O5. The van der Waals surface area contributed by atoms with Crippen LogP contribution in [0.1, 0.15) is 44.5 Å². The van der Waals surface area contributed by atoms with Crippen LogP contribution in [0.15, 0.2) is 18.2 Å². The molecule has 3 N–H and O–H groups in total. The molecule has 1 saturated heterocycles. The summed E-state index contributed by atoms with van der Waals surface area (Å²) in [6.07, 6.45) is 0.116. The van der Waals surface area contributed by atoms with Crippen LogP contribution >= 0.6 is 0 Å². The lowest BCUT2D eigenvalue weighted by molar-refractivity contribution is -0.134. The van der Waals surface area contributed by atoms with E-state index in [2.05, 4.69) is 10.2 Å². The molecule has 1 heterocycles. The summed E-state index contributed by atoms with van der Waals surface area (Å²) in [5.74, 6) is -1.32. The minimum Gasteiger partial charge on any atom is -0.493 e. The summed E-state index contributed by atoms with van der Waals surface area (Å²) in [6.45, 7) is 10.7. The highest BCUT2D eigenvalue weighted by Crippen LogP contribution is 2.16. The molecule has 1 aromatic rings. The number of nitrogens with one attached hydrogen (secondary N) is 1. The summed E-state index contributed by atoms with van der Waals surface area (Å²) in [5.41, 5.74) is 4.29. The number of carbonyl (C=O) groups excluding carboxylic acids is 3. The van der Waals surface area contributed by atoms with Crippen molar-refractivity contribution in [3.63, 3.8) is 0 Å². The summed E-state index contributed by atoms with van der Waals surface area (Å²) in [6, 6.07) is 3.31. The lowest BCUT2D eigenvalue weighted by Gasteiger charge is -2.36. The number of hydrogen-bond acceptors (Lipinski definition) is 6. The van der Waals surface area contributed by atoms with Gasteiger partial charge >= 0.3 is 6.09 Å². The third-order valence-corrected chi connectivity index (χ3v) is 4.88. The number of amides is 3. The van der Waals surface area contributed by atoms with Crippen LogP contribution in [0.3, 0.4) is 0 Å². The molecule has 0 radical (unpaired) electrons. The van der Waals surface area contributed by atoms with E-state index in [1.54, 1.807) is 32.6 Å². The SMILES string of the molecule is C[C@@H](NC(=O)OC(C)(C)C)C(=O)N1CCN(CCCOc2ccc(C(N)=O)c(F)c2)CC1. The van der Waals surface area contributed by atoms with E-state index in [1.807, 2.05) is 0 Å². The molecule has 32 heavy (non-hydrogen) atoms. The first-order valence-electron chi connectivity index (χ1n) is 10.7. The molecule has 0 saturated carbocycles. The van der Waals surface area contributed by atoms with Crippen molar-refractivity contribution >= 4 is 17.9 Å². The molecule has 0 aliphatic carbocycles. The zero-order valence-electron chi connectivity index (χ0n) is 19.2. The molecule has 0 aromatic heterocycles. The minimum atomic E-state index is -0.818. The largest absolute Gasteiger partial charge is 0.493 e. The molecule has 178 valence electrons. The standard InChI is InChI=1S/C22H33FN4O5/c1-15(25-21(30)32-22(2,3)4)20(29)27-11-9-26(10-12-27)8-5-13-31-16-6-7-17(19(24)28)18(23)14-16/h6-7,14-15H,5,8-13H2,1-4H3,(H2,24,28)(H,25,30)/t15-/m1/s1. The minimum absolute atomic E-state index is 0.139. The molecule has 3 amide bonds. The maximum Gasteiger partial charge on any atom is 0.408 e. The monoisotopic (exact) mass is 452 g/mol. The van der Waals surface area contributed by atoms with Gasteiger partial charge in [-0.15, -0.1) is 0 Å². The fourth-order valence-corrected chi connectivity index (χ4v) is 3.28. The quantitative estimate of drug-likeness (QED) is 0.581. The van der Waals surface area contributed by atoms with Crippen LogP contribution in [0.5, 0.6) is 5.75 Å². The number of hydrogen-bond donors (Lipinski definition) is 2. The van der Waals surface area contributed by atoms with Crippen LogP contribution in [-0.2, 0) is 9.53 Å². The van der Waals surface area contributed by atoms with Crippen LogP contribution in [0.4, 0.5) is 9.18 Å². The highest BCUT2D eigenvalue weighted by atomic mass is 19.1. The van der Waals surface area contributed by atoms with Crippen LogP contribution in [0.2, 0.25) is 0 Å². The van der Waals surface area contributed by atoms with E-state index in [9.17, 15) is 18.8 Å². The highest BCUT2D eigenvalue weighted by molar-refractivity contribution is 5.93. The summed E-state index contributed by atoms with van der Waals surface area (Å²) in [4.78, 5) is 39.4. The number of rotatable bonds is 8. The van der Waals surface area contributed by atoms with Crippen molar-refractivity contribution < 1.29 is 28.2 Å². The Bertz CT molecular complexity index is 819. The van der Waals surface area contributed by atoms with E-state index in [4.69, 9.17) is 15.2 Å². The van der Waals surface area contributed by atoms with Gasteiger partial charge in [-0.05, 0) is 46.2 Å². The fourth-order valence-electron chi connectivity index (χ4n) is 3.28. The topological polar surface area (TPSA) is 114 Å². The number of benzene rings is 1. The van der Waals surface area contributed by atoms with Crippen LogP contribution in [0, 0.1) is 5.82 Å². The van der Waals surface area contributed by atoms with Crippen LogP contribution in [-0.4, -0.2) is 78.7 Å². The predicted octanol–water partition coefficient (Wildman–Crippen LogP) is 1.75. The zero-order valence-corrected chi connectivity index (χ0v) is 19.2. The number of halogens is 1. The fraction of sp³-hybridized carbons (Fsp3) is 0.591. The maximum absolute atomic E-state index is 13.8. The first-order chi connectivity index (χ1) is 15.0. The van der Waals surface area contributed by atoms with Crippen molar-refractivity contribution in [2.75, 3.05) is 39.3 Å². The molecule has 0 unspecified atom stereocenters. The first-order valence-corrected chi connectivity index (χ1v) is 10.7. The van der Waals surface area contributed by atoms with Crippen molar-refractivity contribution in [2.45, 2.75) is 45.8 Å². The van der Waals surface area contributed by atoms with Crippen molar-refractivity contribution in [2.24, 2.45) is 5.73 Å². The number of carbonyl (C=O) groups is 3. The van der Waals surface area contributed by atoms with Crippen LogP contribution < -0.4 is 15.8 Å². The molecule has 9 nitrogen and oxygen atoms in total. The number of piperazine rings is 1. The van der Waals surface area contributed by atoms with Crippen molar-refractivity contribution in [1.82, 2.24) is 15.1 Å². The Morgan fingerprint density at radius 1 is 1.19 bits per heavy atom. The summed E-state index contributed by atoms with van der Waals surface area (Å²) in [5, 5.41) is 2.58. The summed E-state index contributed by atoms with van der Waals surface area (Å²) >= 11 is 0. The second-order valence-electron chi connectivity index (χ2n) is 8.74. The van der Waals surface area contributed by atoms with Gasteiger partial charge in [0.15, 0.2) is 0 Å². The molecule has 1 aromatic carbocycles. The molecule has 1 fully saturated rings. The summed E-state index contributed by atoms with van der Waals surface area (Å²) in [7, 11) is 0. The predicted molar refractivity (Wildman–Crippen MR) is 117 cm³/mol. The third-order valence-electron chi connectivity index (χ3n) is 4.88. The first kappa shape index (κ1) is 25.4. The van der Waals surface area contributed by atoms with Gasteiger partial charge in [0.25, 0.3) is 5.91 Å². The Balaban J connectivity index is 1.67. The number of nitrogens with zero attached hydrogens (tertiary/aromatic N) is 2. The smallest absolute Gasteiger partial charge is 0.408 e. The van der Waals surface area contributed by atoms with Crippen molar-refractivity contribution in [1.29, 1.82) is 0 Å². The Morgan fingerprint density at radius 3 is 2.41 bits per heavy atom. The van der Waals surface area contributed by atoms with Gasteiger partial charge in [0.2, 0.25) is 5.91 Å². The molecule has 2 rings (SSSR count). The lowest BCUT2D eigenvalue weighted by Crippen LogP contribution is -2.54. The number of primary amides is 1. The van der Waals surface area contributed by atoms with E-state index in [0.717, 1.165) is 19.0 Å². The molecule has 1 atom stereocenters. The number of alkyl carbamates (subject to hydrolysis) is 1. The normalized spacial score (nSPS) is 15.7. The second-order valence-corrected chi connectivity index (χ2v) is 8.74. The van der Waals surface area contributed by atoms with Gasteiger partial charge in [0.05, 0.1) is 12.2 Å². The summed E-state index contributed by atoms with van der Waals surface area (Å²) < 4.78 is 24.5. The number of nitrogens with two attached hydrogens (primary N) is 1. The molecule has 1 aliphatic rings. The van der Waals surface area contributed by atoms with Gasteiger partial charge in [-0.1, -0.05) is 0 Å². The van der Waals surface area contributed by atoms with Gasteiger partial charge in [-0.25, -0.2) is 9.18 Å². The van der Waals surface area contributed by atoms with Crippen LogP contribution in [0.25, 0.3) is 0 Å². The van der Waals surface area contributed by atoms with Gasteiger partial charge in [-0.2, -0.15) is 0 Å². The van der Waals surface area contributed by atoms with Gasteiger partial charge in [0.1, 0.15) is 23.2 Å². The Morgan fingerprint density at radius 2 is 1.84 bits per heavy atom. The molecule has 10 heteroatoms. The van der Waals surface area contributed by atoms with Gasteiger partial charge < -0.3 is 25.4 Å². The lowest BCUT2D eigenvalue weighted by atomic mass is 10.2. The van der Waals surface area contributed by atoms with Gasteiger partial charge in [0, 0.05) is 38.8 Å². The highest BCUT2D eigenvalue weighted by Gasteiger charge is 2.27. The van der Waals surface area contributed by atoms with E-state index in [1.165, 1.54) is 12.1 Å². The number of ether oxygens (including phenoxy) is 2. The Hall–Kier alpha value is -2.88. The Kier molecular flexibility index (Phi) is 8.82. The van der Waals surface area contributed by atoms with E-state index in [-0.39, 0.29) is 11.5 Å². The van der Waals surface area contributed by atoms with Crippen molar-refractivity contribution in [3.05, 3.63) is 29.6 Å². The maximum atomic E-state index is 13.8. The Labute approximate surface area is 188 Å². The van der Waals surface area contributed by atoms with E-state index < -0.39 is 29.5 Å². The average Bonchev–Trinajstić information content (AvgIpc) is 2.69. The second kappa shape index (κ2) is 11.1. The van der Waals surface area contributed by atoms with E-state index in [0.29, 0.717) is 38.5 Å². The van der Waals surface area contributed by atoms with E-state index >= 15 is 0 Å². The third kappa shape index (κ3) is 7.99. The molecule has 0 spiro atoms. The average molecular weight is 453 g/mol. The van der Waals surface area contributed by atoms with Gasteiger partial charge in [-0.3, -0.25) is 14.5 Å². The zero-order chi connectivity index (χ0) is 23.9. The van der Waals surface area contributed by atoms with Crippen molar-refractivity contribution in [3.8, 4) is 5.75 Å². The molecule has 0 bridgehead atoms. The molecular weight excluding hydrogens is 419 g/mol.